The lowest BCUT2D eigenvalue weighted by Crippen LogP contribution is -2.14. The summed E-state index contributed by atoms with van der Waals surface area (Å²) in [5.41, 5.74) is 2.69. The fourth-order valence-corrected chi connectivity index (χ4v) is 4.50. The largest absolute Gasteiger partial charge is 0.297 e. The normalized spacial score (nSPS) is 16.7. The molecule has 0 aromatic carbocycles. The lowest BCUT2D eigenvalue weighted by atomic mass is 9.95. The fourth-order valence-electron chi connectivity index (χ4n) is 3.28. The van der Waals surface area contributed by atoms with Crippen molar-refractivity contribution >= 4 is 23.6 Å². The Hall–Kier alpha value is -0.940. The number of hydrogen-bond donors (Lipinski definition) is 1. The summed E-state index contributed by atoms with van der Waals surface area (Å²) in [5.74, 6) is 1.04. The van der Waals surface area contributed by atoms with E-state index in [0.717, 1.165) is 17.0 Å². The summed E-state index contributed by atoms with van der Waals surface area (Å²) in [5, 5.41) is 9.78. The number of thiophene rings is 1. The van der Waals surface area contributed by atoms with Gasteiger partial charge in [0.05, 0.1) is 0 Å². The van der Waals surface area contributed by atoms with Crippen molar-refractivity contribution in [2.45, 2.75) is 58.4 Å². The molecule has 1 saturated carbocycles. The Morgan fingerprint density at radius 3 is 2.85 bits per heavy atom. The Labute approximate surface area is 129 Å². The van der Waals surface area contributed by atoms with E-state index in [1.807, 2.05) is 11.3 Å². The molecular formula is C15H21N3S2. The van der Waals surface area contributed by atoms with Crippen LogP contribution in [-0.2, 0) is 6.42 Å². The standard InChI is InChI=1S/C15H21N3S2/c1-3-12-10(2)20-9-13(12)14-16-17-15(19)18(14)11-7-5-4-6-8-11/h9,11H,3-8H2,1-2H3,(H,17,19). The van der Waals surface area contributed by atoms with E-state index < -0.39 is 0 Å². The van der Waals surface area contributed by atoms with Gasteiger partial charge in [0.2, 0.25) is 0 Å². The number of aryl methyl sites for hydroxylation is 1. The first-order valence-electron chi connectivity index (χ1n) is 7.46. The molecule has 2 aromatic heterocycles. The van der Waals surface area contributed by atoms with Gasteiger partial charge in [0.1, 0.15) is 0 Å². The Balaban J connectivity index is 2.08. The highest BCUT2D eigenvalue weighted by molar-refractivity contribution is 7.71. The molecule has 2 aromatic rings. The number of aromatic amines is 1. The van der Waals surface area contributed by atoms with E-state index in [-0.39, 0.29) is 0 Å². The molecular weight excluding hydrogens is 286 g/mol. The van der Waals surface area contributed by atoms with Gasteiger partial charge in [0, 0.05) is 21.9 Å². The predicted octanol–water partition coefficient (Wildman–Crippen LogP) is 5.05. The van der Waals surface area contributed by atoms with Crippen LogP contribution in [0.3, 0.4) is 0 Å². The summed E-state index contributed by atoms with van der Waals surface area (Å²) in [7, 11) is 0. The molecule has 1 aliphatic carbocycles. The van der Waals surface area contributed by atoms with Crippen molar-refractivity contribution < 1.29 is 0 Å². The van der Waals surface area contributed by atoms with Gasteiger partial charge >= 0.3 is 0 Å². The van der Waals surface area contributed by atoms with Crippen molar-refractivity contribution in [1.29, 1.82) is 0 Å². The number of rotatable bonds is 3. The Morgan fingerprint density at radius 2 is 2.15 bits per heavy atom. The molecule has 1 fully saturated rings. The number of H-pyrrole nitrogens is 1. The van der Waals surface area contributed by atoms with E-state index >= 15 is 0 Å². The van der Waals surface area contributed by atoms with Crippen molar-refractivity contribution in [3.63, 3.8) is 0 Å². The van der Waals surface area contributed by atoms with Gasteiger partial charge in [-0.2, -0.15) is 5.10 Å². The third-order valence-electron chi connectivity index (χ3n) is 4.34. The minimum Gasteiger partial charge on any atom is -0.297 e. The lowest BCUT2D eigenvalue weighted by molar-refractivity contribution is 0.352. The van der Waals surface area contributed by atoms with Gasteiger partial charge < -0.3 is 0 Å². The summed E-state index contributed by atoms with van der Waals surface area (Å²) >= 11 is 7.30. The lowest BCUT2D eigenvalue weighted by Gasteiger charge is -2.24. The average Bonchev–Trinajstić information content (AvgIpc) is 3.02. The minimum absolute atomic E-state index is 0.523. The number of aromatic nitrogens is 3. The minimum atomic E-state index is 0.523. The molecule has 3 rings (SSSR count). The van der Waals surface area contributed by atoms with Gasteiger partial charge in [-0.1, -0.05) is 26.2 Å². The Bertz CT molecular complexity index is 644. The van der Waals surface area contributed by atoms with Crippen LogP contribution >= 0.6 is 23.6 Å². The molecule has 0 amide bonds. The first-order valence-corrected chi connectivity index (χ1v) is 8.75. The summed E-state index contributed by atoms with van der Waals surface area (Å²) < 4.78 is 3.05. The monoisotopic (exact) mass is 307 g/mol. The van der Waals surface area contributed by atoms with E-state index in [9.17, 15) is 0 Å². The molecule has 0 saturated heterocycles. The van der Waals surface area contributed by atoms with Crippen LogP contribution in [0.25, 0.3) is 11.4 Å². The summed E-state index contributed by atoms with van der Waals surface area (Å²) in [6.45, 7) is 4.41. The van der Waals surface area contributed by atoms with Crippen LogP contribution in [0.2, 0.25) is 0 Å². The first kappa shape index (κ1) is 14.0. The summed E-state index contributed by atoms with van der Waals surface area (Å²) in [6, 6.07) is 0.523. The van der Waals surface area contributed by atoms with E-state index in [1.54, 1.807) is 0 Å². The predicted molar refractivity (Wildman–Crippen MR) is 87.0 cm³/mol. The average molecular weight is 307 g/mol. The van der Waals surface area contributed by atoms with Gasteiger partial charge in [0.25, 0.3) is 0 Å². The van der Waals surface area contributed by atoms with Crippen molar-refractivity contribution in [1.82, 2.24) is 14.8 Å². The molecule has 1 N–H and O–H groups in total. The zero-order valence-corrected chi connectivity index (χ0v) is 13.7. The van der Waals surface area contributed by atoms with Crippen LogP contribution in [0.15, 0.2) is 5.38 Å². The van der Waals surface area contributed by atoms with Crippen LogP contribution in [0, 0.1) is 11.7 Å². The van der Waals surface area contributed by atoms with E-state index in [4.69, 9.17) is 12.2 Å². The Kier molecular flexibility index (Phi) is 4.08. The van der Waals surface area contributed by atoms with Crippen molar-refractivity contribution in [3.05, 3.63) is 20.6 Å². The number of nitrogens with zero attached hydrogens (tertiary/aromatic N) is 2. The second-order valence-corrected chi connectivity index (χ2v) is 7.02. The van der Waals surface area contributed by atoms with E-state index in [2.05, 4.69) is 34.0 Å². The van der Waals surface area contributed by atoms with Gasteiger partial charge in [-0.25, -0.2) is 0 Å². The third-order valence-corrected chi connectivity index (χ3v) is 5.58. The zero-order chi connectivity index (χ0) is 14.1. The highest BCUT2D eigenvalue weighted by Gasteiger charge is 2.22. The quantitative estimate of drug-likeness (QED) is 0.805. The molecule has 0 bridgehead atoms. The van der Waals surface area contributed by atoms with Crippen LogP contribution in [0.4, 0.5) is 0 Å². The van der Waals surface area contributed by atoms with Crippen molar-refractivity contribution in [2.75, 3.05) is 0 Å². The van der Waals surface area contributed by atoms with Crippen LogP contribution in [-0.4, -0.2) is 14.8 Å². The van der Waals surface area contributed by atoms with Crippen molar-refractivity contribution in [2.24, 2.45) is 0 Å². The summed E-state index contributed by atoms with van der Waals surface area (Å²) in [4.78, 5) is 1.40. The maximum absolute atomic E-state index is 5.49. The van der Waals surface area contributed by atoms with Crippen LogP contribution in [0.1, 0.15) is 55.5 Å². The van der Waals surface area contributed by atoms with Gasteiger partial charge in [-0.05, 0) is 44.0 Å². The van der Waals surface area contributed by atoms with E-state index in [0.29, 0.717) is 6.04 Å². The molecule has 0 radical (unpaired) electrons. The van der Waals surface area contributed by atoms with Crippen molar-refractivity contribution in [3.8, 4) is 11.4 Å². The fraction of sp³-hybridized carbons (Fsp3) is 0.600. The topological polar surface area (TPSA) is 33.6 Å². The third kappa shape index (κ3) is 2.37. The SMILES string of the molecule is CCc1c(-c2n[nH]c(=S)n2C2CCCCC2)csc1C. The van der Waals surface area contributed by atoms with E-state index in [1.165, 1.54) is 48.1 Å². The molecule has 0 spiro atoms. The molecule has 0 atom stereocenters. The van der Waals surface area contributed by atoms with Gasteiger partial charge in [-0.3, -0.25) is 9.67 Å². The van der Waals surface area contributed by atoms with Crippen LogP contribution in [0.5, 0.6) is 0 Å². The first-order chi connectivity index (χ1) is 9.72. The maximum Gasteiger partial charge on any atom is 0.195 e. The molecule has 5 heteroatoms. The summed E-state index contributed by atoms with van der Waals surface area (Å²) in [6.07, 6.45) is 7.47. The zero-order valence-electron chi connectivity index (χ0n) is 12.1. The Morgan fingerprint density at radius 1 is 1.40 bits per heavy atom. The molecule has 108 valence electrons. The molecule has 2 heterocycles. The molecule has 0 unspecified atom stereocenters. The highest BCUT2D eigenvalue weighted by Crippen LogP contribution is 2.35. The van der Waals surface area contributed by atoms with Gasteiger partial charge in [0.15, 0.2) is 10.6 Å². The second-order valence-electron chi connectivity index (χ2n) is 5.55. The molecule has 3 nitrogen and oxygen atoms in total. The molecule has 20 heavy (non-hydrogen) atoms. The van der Waals surface area contributed by atoms with Gasteiger partial charge in [-0.15, -0.1) is 11.3 Å². The maximum atomic E-state index is 5.49. The number of nitrogens with one attached hydrogen (secondary N) is 1. The van der Waals surface area contributed by atoms with Crippen LogP contribution < -0.4 is 0 Å². The second kappa shape index (κ2) is 5.82. The molecule has 0 aliphatic heterocycles. The smallest absolute Gasteiger partial charge is 0.195 e. The number of hydrogen-bond acceptors (Lipinski definition) is 3. The highest BCUT2D eigenvalue weighted by atomic mass is 32.1. The molecule has 1 aliphatic rings.